The van der Waals surface area contributed by atoms with E-state index in [0.29, 0.717) is 23.6 Å². The number of rotatable bonds is 4. The topological polar surface area (TPSA) is 49.0 Å². The second-order valence-corrected chi connectivity index (χ2v) is 6.81. The molecule has 1 fully saturated rings. The van der Waals surface area contributed by atoms with Crippen LogP contribution in [0.1, 0.15) is 69.6 Å². The van der Waals surface area contributed by atoms with Crippen LogP contribution in [0.3, 0.4) is 0 Å². The van der Waals surface area contributed by atoms with Crippen molar-refractivity contribution in [2.45, 2.75) is 65.8 Å². The molecule has 1 N–H and O–H groups in total. The summed E-state index contributed by atoms with van der Waals surface area (Å²) in [6.45, 7) is 9.72. The van der Waals surface area contributed by atoms with Gasteiger partial charge in [0.2, 0.25) is 0 Å². The van der Waals surface area contributed by atoms with Crippen molar-refractivity contribution in [3.05, 3.63) is 17.5 Å². The lowest BCUT2D eigenvalue weighted by Gasteiger charge is -2.32. The Balaban J connectivity index is 2.16. The molecule has 0 aromatic carbocycles. The van der Waals surface area contributed by atoms with Gasteiger partial charge < -0.3 is 4.90 Å². The van der Waals surface area contributed by atoms with Gasteiger partial charge in [-0.2, -0.15) is 5.10 Å². The first-order valence-corrected chi connectivity index (χ1v) is 8.38. The number of H-pyrrole nitrogens is 1. The third-order valence-electron chi connectivity index (χ3n) is 4.62. The van der Waals surface area contributed by atoms with Gasteiger partial charge in [0, 0.05) is 18.3 Å². The SMILES string of the molecule is CCCc1cc(C(=O)N2CCC(C)CCC2C(C)C)n[nH]1. The van der Waals surface area contributed by atoms with Gasteiger partial charge in [-0.3, -0.25) is 9.89 Å². The number of hydrogen-bond acceptors (Lipinski definition) is 2. The molecule has 2 rings (SSSR count). The van der Waals surface area contributed by atoms with E-state index < -0.39 is 0 Å². The number of aryl methyl sites for hydroxylation is 1. The standard InChI is InChI=1S/C17H29N3O/c1-5-6-14-11-15(19-18-14)17(21)20-10-9-13(4)7-8-16(20)12(2)3/h11-13,16H,5-10H2,1-4H3,(H,18,19). The highest BCUT2D eigenvalue weighted by Crippen LogP contribution is 2.27. The van der Waals surface area contributed by atoms with E-state index in [2.05, 4.69) is 42.8 Å². The molecule has 0 saturated carbocycles. The van der Waals surface area contributed by atoms with Crippen LogP contribution in [0.5, 0.6) is 0 Å². The van der Waals surface area contributed by atoms with Crippen molar-refractivity contribution in [3.8, 4) is 0 Å². The Bertz CT molecular complexity index is 466. The van der Waals surface area contributed by atoms with Gasteiger partial charge in [-0.05, 0) is 43.6 Å². The van der Waals surface area contributed by atoms with E-state index in [0.717, 1.165) is 37.9 Å². The maximum atomic E-state index is 12.8. The van der Waals surface area contributed by atoms with Crippen LogP contribution >= 0.6 is 0 Å². The Kier molecular flexibility index (Phi) is 5.43. The molecule has 0 radical (unpaired) electrons. The van der Waals surface area contributed by atoms with Crippen LogP contribution in [0.25, 0.3) is 0 Å². The third-order valence-corrected chi connectivity index (χ3v) is 4.62. The Labute approximate surface area is 128 Å². The van der Waals surface area contributed by atoms with E-state index in [1.807, 2.05) is 6.07 Å². The van der Waals surface area contributed by atoms with E-state index in [1.165, 1.54) is 6.42 Å². The Morgan fingerprint density at radius 1 is 1.43 bits per heavy atom. The van der Waals surface area contributed by atoms with Gasteiger partial charge in [0.1, 0.15) is 5.69 Å². The van der Waals surface area contributed by atoms with Crippen molar-refractivity contribution >= 4 is 5.91 Å². The highest BCUT2D eigenvalue weighted by atomic mass is 16.2. The summed E-state index contributed by atoms with van der Waals surface area (Å²) in [5.41, 5.74) is 1.64. The second kappa shape index (κ2) is 7.10. The lowest BCUT2D eigenvalue weighted by atomic mass is 9.95. The normalized spacial score (nSPS) is 23.4. The number of aromatic amines is 1. The van der Waals surface area contributed by atoms with E-state index in [9.17, 15) is 4.79 Å². The summed E-state index contributed by atoms with van der Waals surface area (Å²) in [6.07, 6.45) is 5.43. The number of aromatic nitrogens is 2. The molecule has 1 amide bonds. The molecule has 4 heteroatoms. The predicted octanol–water partition coefficient (Wildman–Crippen LogP) is 3.65. The summed E-state index contributed by atoms with van der Waals surface area (Å²) < 4.78 is 0. The fraction of sp³-hybridized carbons (Fsp3) is 0.765. The Hall–Kier alpha value is -1.32. The number of likely N-dealkylation sites (tertiary alicyclic amines) is 1. The highest BCUT2D eigenvalue weighted by molar-refractivity contribution is 5.92. The first-order chi connectivity index (χ1) is 10.0. The smallest absolute Gasteiger partial charge is 0.274 e. The van der Waals surface area contributed by atoms with Crippen LogP contribution in [-0.4, -0.2) is 33.6 Å². The van der Waals surface area contributed by atoms with Crippen LogP contribution in [-0.2, 0) is 6.42 Å². The van der Waals surface area contributed by atoms with Crippen LogP contribution in [0.2, 0.25) is 0 Å². The number of carbonyl (C=O) groups is 1. The molecule has 2 atom stereocenters. The lowest BCUT2D eigenvalue weighted by Crippen LogP contribution is -2.43. The summed E-state index contributed by atoms with van der Waals surface area (Å²) in [4.78, 5) is 14.9. The van der Waals surface area contributed by atoms with Gasteiger partial charge in [-0.15, -0.1) is 0 Å². The predicted molar refractivity (Wildman–Crippen MR) is 85.3 cm³/mol. The van der Waals surface area contributed by atoms with Crippen molar-refractivity contribution < 1.29 is 4.79 Å². The van der Waals surface area contributed by atoms with Gasteiger partial charge in [0.15, 0.2) is 0 Å². The van der Waals surface area contributed by atoms with Crippen molar-refractivity contribution in [1.29, 1.82) is 0 Å². The first kappa shape index (κ1) is 16.1. The van der Waals surface area contributed by atoms with E-state index >= 15 is 0 Å². The van der Waals surface area contributed by atoms with E-state index in [-0.39, 0.29) is 5.91 Å². The summed E-state index contributed by atoms with van der Waals surface area (Å²) in [7, 11) is 0. The lowest BCUT2D eigenvalue weighted by molar-refractivity contribution is 0.0625. The number of nitrogens with zero attached hydrogens (tertiary/aromatic N) is 2. The number of amides is 1. The van der Waals surface area contributed by atoms with Gasteiger partial charge in [-0.25, -0.2) is 0 Å². The summed E-state index contributed by atoms with van der Waals surface area (Å²) >= 11 is 0. The summed E-state index contributed by atoms with van der Waals surface area (Å²) in [5, 5.41) is 7.23. The van der Waals surface area contributed by atoms with Crippen LogP contribution in [0.4, 0.5) is 0 Å². The average Bonchev–Trinajstić information content (AvgIpc) is 2.81. The van der Waals surface area contributed by atoms with Crippen molar-refractivity contribution in [2.75, 3.05) is 6.54 Å². The molecule has 1 saturated heterocycles. The number of carbonyl (C=O) groups excluding carboxylic acids is 1. The molecule has 1 aliphatic rings. The van der Waals surface area contributed by atoms with Crippen LogP contribution in [0, 0.1) is 11.8 Å². The molecule has 1 aromatic heterocycles. The molecule has 118 valence electrons. The van der Waals surface area contributed by atoms with Gasteiger partial charge in [-0.1, -0.05) is 34.1 Å². The minimum atomic E-state index is 0.0985. The fourth-order valence-electron chi connectivity index (χ4n) is 3.24. The fourth-order valence-corrected chi connectivity index (χ4v) is 3.24. The zero-order valence-electron chi connectivity index (χ0n) is 13.9. The van der Waals surface area contributed by atoms with Crippen molar-refractivity contribution in [2.24, 2.45) is 11.8 Å². The molecule has 0 spiro atoms. The quantitative estimate of drug-likeness (QED) is 0.920. The zero-order chi connectivity index (χ0) is 15.4. The Morgan fingerprint density at radius 3 is 2.86 bits per heavy atom. The van der Waals surface area contributed by atoms with E-state index in [1.54, 1.807) is 0 Å². The summed E-state index contributed by atoms with van der Waals surface area (Å²) in [5.74, 6) is 1.30. The summed E-state index contributed by atoms with van der Waals surface area (Å²) in [6, 6.07) is 2.27. The highest BCUT2D eigenvalue weighted by Gasteiger charge is 2.31. The maximum absolute atomic E-state index is 12.8. The second-order valence-electron chi connectivity index (χ2n) is 6.81. The molecule has 0 bridgehead atoms. The van der Waals surface area contributed by atoms with Gasteiger partial charge in [0.25, 0.3) is 5.91 Å². The number of hydrogen-bond donors (Lipinski definition) is 1. The van der Waals surface area contributed by atoms with Crippen molar-refractivity contribution in [3.63, 3.8) is 0 Å². The molecule has 21 heavy (non-hydrogen) atoms. The maximum Gasteiger partial charge on any atom is 0.274 e. The zero-order valence-corrected chi connectivity index (χ0v) is 13.9. The molecule has 4 nitrogen and oxygen atoms in total. The first-order valence-electron chi connectivity index (χ1n) is 8.38. The van der Waals surface area contributed by atoms with Gasteiger partial charge in [0.05, 0.1) is 0 Å². The molecular weight excluding hydrogens is 262 g/mol. The third kappa shape index (κ3) is 3.86. The van der Waals surface area contributed by atoms with E-state index in [4.69, 9.17) is 0 Å². The molecule has 1 aromatic rings. The molecule has 2 unspecified atom stereocenters. The average molecular weight is 291 g/mol. The largest absolute Gasteiger partial charge is 0.334 e. The van der Waals surface area contributed by atoms with Crippen LogP contribution in [0.15, 0.2) is 6.07 Å². The van der Waals surface area contributed by atoms with Crippen LogP contribution < -0.4 is 0 Å². The number of nitrogens with one attached hydrogen (secondary N) is 1. The minimum absolute atomic E-state index is 0.0985. The molecular formula is C17H29N3O. The molecule has 1 aliphatic heterocycles. The monoisotopic (exact) mass is 291 g/mol. The Morgan fingerprint density at radius 2 is 2.19 bits per heavy atom. The van der Waals surface area contributed by atoms with Crippen molar-refractivity contribution in [1.82, 2.24) is 15.1 Å². The molecule has 0 aliphatic carbocycles. The van der Waals surface area contributed by atoms with Gasteiger partial charge >= 0.3 is 0 Å². The minimum Gasteiger partial charge on any atom is -0.334 e. The molecule has 2 heterocycles.